The molecule has 0 aliphatic carbocycles. The molecule has 0 saturated heterocycles. The predicted molar refractivity (Wildman–Crippen MR) is 80.3 cm³/mol. The van der Waals surface area contributed by atoms with Crippen LogP contribution in [0.5, 0.6) is 5.75 Å². The van der Waals surface area contributed by atoms with Gasteiger partial charge in [0.1, 0.15) is 12.3 Å². The Kier molecular flexibility index (Phi) is 5.12. The molecule has 9 heteroatoms. The molecule has 2 N–H and O–H groups in total. The summed E-state index contributed by atoms with van der Waals surface area (Å²) in [5, 5.41) is 1.62. The van der Waals surface area contributed by atoms with Crippen molar-refractivity contribution in [2.75, 3.05) is 13.7 Å². The molecule has 0 radical (unpaired) electrons. The molecular weight excluding hydrogens is 333 g/mol. The number of nitrogens with one attached hydrogen (secondary N) is 2. The van der Waals surface area contributed by atoms with Crippen molar-refractivity contribution in [3.05, 3.63) is 42.0 Å². The van der Waals surface area contributed by atoms with Crippen LogP contribution in [0.2, 0.25) is 0 Å². The van der Waals surface area contributed by atoms with Crippen LogP contribution in [-0.2, 0) is 16.8 Å². The molecule has 5 nitrogen and oxygen atoms in total. The van der Waals surface area contributed by atoms with Crippen LogP contribution in [0.3, 0.4) is 0 Å². The van der Waals surface area contributed by atoms with Crippen LogP contribution in [0.25, 0.3) is 10.8 Å². The van der Waals surface area contributed by atoms with Crippen LogP contribution in [0.15, 0.2) is 36.4 Å². The summed E-state index contributed by atoms with van der Waals surface area (Å²) in [6, 6.07) is 10.7. The molecule has 126 valence electrons. The van der Waals surface area contributed by atoms with E-state index in [0.29, 0.717) is 11.3 Å². The Balaban J connectivity index is 2.21. The van der Waals surface area contributed by atoms with Gasteiger partial charge in [0, 0.05) is 12.1 Å². The van der Waals surface area contributed by atoms with Crippen molar-refractivity contribution < 1.29 is 26.3 Å². The van der Waals surface area contributed by atoms with Gasteiger partial charge in [0.05, 0.1) is 7.11 Å². The van der Waals surface area contributed by atoms with Gasteiger partial charge >= 0.3 is 6.18 Å². The fourth-order valence-electron chi connectivity index (χ4n) is 2.08. The zero-order chi connectivity index (χ0) is 17.1. The number of halogens is 3. The summed E-state index contributed by atoms with van der Waals surface area (Å²) in [5.41, 5.74) is 0.544. The van der Waals surface area contributed by atoms with E-state index < -0.39 is 22.9 Å². The molecule has 0 heterocycles. The SMILES string of the molecule is COc1ccc2ccccc2c1CNS(=O)(=O)NCC(F)(F)F. The summed E-state index contributed by atoms with van der Waals surface area (Å²) in [6.07, 6.45) is -4.62. The maximum Gasteiger partial charge on any atom is 0.402 e. The van der Waals surface area contributed by atoms with Crippen molar-refractivity contribution in [1.82, 2.24) is 9.44 Å². The summed E-state index contributed by atoms with van der Waals surface area (Å²) >= 11 is 0. The van der Waals surface area contributed by atoms with Crippen LogP contribution >= 0.6 is 0 Å². The molecule has 0 unspecified atom stereocenters. The second-order valence-corrected chi connectivity index (χ2v) is 6.31. The van der Waals surface area contributed by atoms with Crippen molar-refractivity contribution >= 4 is 21.0 Å². The zero-order valence-electron chi connectivity index (χ0n) is 12.1. The Morgan fingerprint density at radius 2 is 1.78 bits per heavy atom. The minimum absolute atomic E-state index is 0.197. The lowest BCUT2D eigenvalue weighted by atomic mass is 10.0. The molecule has 2 rings (SSSR count). The van der Waals surface area contributed by atoms with E-state index in [9.17, 15) is 21.6 Å². The summed E-state index contributed by atoms with van der Waals surface area (Å²) in [7, 11) is -2.85. The number of rotatable bonds is 6. The Morgan fingerprint density at radius 1 is 1.09 bits per heavy atom. The van der Waals surface area contributed by atoms with Crippen molar-refractivity contribution in [3.63, 3.8) is 0 Å². The normalized spacial score (nSPS) is 12.5. The van der Waals surface area contributed by atoms with Gasteiger partial charge in [-0.25, -0.2) is 0 Å². The molecule has 0 aliphatic heterocycles. The highest BCUT2D eigenvalue weighted by Gasteiger charge is 2.29. The average molecular weight is 348 g/mol. The lowest BCUT2D eigenvalue weighted by Crippen LogP contribution is -2.41. The van der Waals surface area contributed by atoms with Gasteiger partial charge in [-0.3, -0.25) is 0 Å². The Bertz CT molecular complexity index is 791. The number of hydrogen-bond acceptors (Lipinski definition) is 3. The lowest BCUT2D eigenvalue weighted by molar-refractivity contribution is -0.121. The molecule has 0 aromatic heterocycles. The first kappa shape index (κ1) is 17.5. The van der Waals surface area contributed by atoms with Crippen LogP contribution in [-0.4, -0.2) is 28.2 Å². The second-order valence-electron chi connectivity index (χ2n) is 4.73. The Morgan fingerprint density at radius 3 is 2.43 bits per heavy atom. The highest BCUT2D eigenvalue weighted by Crippen LogP contribution is 2.27. The van der Waals surface area contributed by atoms with E-state index in [2.05, 4.69) is 4.72 Å². The predicted octanol–water partition coefficient (Wildman–Crippen LogP) is 2.33. The highest BCUT2D eigenvalue weighted by molar-refractivity contribution is 7.87. The van der Waals surface area contributed by atoms with Crippen LogP contribution < -0.4 is 14.2 Å². The van der Waals surface area contributed by atoms with Crippen molar-refractivity contribution in [3.8, 4) is 5.75 Å². The zero-order valence-corrected chi connectivity index (χ0v) is 13.0. The molecule has 0 bridgehead atoms. The maximum atomic E-state index is 12.1. The van der Waals surface area contributed by atoms with Gasteiger partial charge in [-0.05, 0) is 16.8 Å². The molecule has 0 fully saturated rings. The molecule has 0 spiro atoms. The van der Waals surface area contributed by atoms with Gasteiger partial charge in [-0.15, -0.1) is 0 Å². The van der Waals surface area contributed by atoms with E-state index in [4.69, 9.17) is 4.74 Å². The van der Waals surface area contributed by atoms with Gasteiger partial charge < -0.3 is 4.74 Å². The van der Waals surface area contributed by atoms with Gasteiger partial charge in [-0.1, -0.05) is 30.3 Å². The number of hydrogen-bond donors (Lipinski definition) is 2. The molecule has 0 atom stereocenters. The number of methoxy groups -OCH3 is 1. The number of ether oxygens (including phenoxy) is 1. The smallest absolute Gasteiger partial charge is 0.402 e. The maximum absolute atomic E-state index is 12.1. The van der Waals surface area contributed by atoms with Gasteiger partial charge in [0.15, 0.2) is 0 Å². The molecule has 0 saturated carbocycles. The third-order valence-electron chi connectivity index (χ3n) is 3.12. The van der Waals surface area contributed by atoms with Crippen LogP contribution in [0, 0.1) is 0 Å². The molecule has 2 aromatic carbocycles. The quantitative estimate of drug-likeness (QED) is 0.842. The largest absolute Gasteiger partial charge is 0.496 e. The molecule has 0 aliphatic rings. The van der Waals surface area contributed by atoms with E-state index in [-0.39, 0.29) is 6.54 Å². The van der Waals surface area contributed by atoms with Gasteiger partial charge in [0.25, 0.3) is 10.2 Å². The fourth-order valence-corrected chi connectivity index (χ4v) is 2.87. The Labute approximate surface area is 131 Å². The van der Waals surface area contributed by atoms with E-state index >= 15 is 0 Å². The number of fused-ring (bicyclic) bond motifs is 1. The van der Waals surface area contributed by atoms with Crippen LogP contribution in [0.1, 0.15) is 5.56 Å². The molecule has 0 amide bonds. The second kappa shape index (κ2) is 6.73. The summed E-state index contributed by atoms with van der Waals surface area (Å²) in [6.45, 7) is -1.83. The summed E-state index contributed by atoms with van der Waals surface area (Å²) < 4.78 is 68.3. The van der Waals surface area contributed by atoms with E-state index in [1.165, 1.54) is 11.8 Å². The minimum atomic E-state index is -4.62. The monoisotopic (exact) mass is 348 g/mol. The lowest BCUT2D eigenvalue weighted by Gasteiger charge is -2.14. The van der Waals surface area contributed by atoms with E-state index in [1.807, 2.05) is 18.2 Å². The van der Waals surface area contributed by atoms with Crippen molar-refractivity contribution in [2.45, 2.75) is 12.7 Å². The third kappa shape index (κ3) is 4.81. The topological polar surface area (TPSA) is 67.4 Å². The molecule has 23 heavy (non-hydrogen) atoms. The van der Waals surface area contributed by atoms with Gasteiger partial charge in [-0.2, -0.15) is 31.0 Å². The number of alkyl halides is 3. The third-order valence-corrected chi connectivity index (χ3v) is 4.17. The first-order chi connectivity index (χ1) is 10.7. The fraction of sp³-hybridized carbons (Fsp3) is 0.286. The van der Waals surface area contributed by atoms with Crippen molar-refractivity contribution in [1.29, 1.82) is 0 Å². The van der Waals surface area contributed by atoms with Crippen LogP contribution in [0.4, 0.5) is 13.2 Å². The summed E-state index contributed by atoms with van der Waals surface area (Å²) in [4.78, 5) is 0. The Hall–Kier alpha value is -1.84. The van der Waals surface area contributed by atoms with E-state index in [1.54, 1.807) is 18.2 Å². The minimum Gasteiger partial charge on any atom is -0.496 e. The first-order valence-corrected chi connectivity index (χ1v) is 8.06. The molecular formula is C14H15F3N2O3S. The number of benzene rings is 2. The van der Waals surface area contributed by atoms with E-state index in [0.717, 1.165) is 10.8 Å². The average Bonchev–Trinajstić information content (AvgIpc) is 2.50. The standard InChI is InChI=1S/C14H15F3N2O3S/c1-22-13-7-6-10-4-2-3-5-11(10)12(13)8-18-23(20,21)19-9-14(15,16)17/h2-7,18-19H,8-9H2,1H3. The van der Waals surface area contributed by atoms with Crippen molar-refractivity contribution in [2.24, 2.45) is 0 Å². The summed E-state index contributed by atoms with van der Waals surface area (Å²) in [5.74, 6) is 0.447. The first-order valence-electron chi connectivity index (χ1n) is 6.57. The molecule has 2 aromatic rings. The van der Waals surface area contributed by atoms with Gasteiger partial charge in [0.2, 0.25) is 0 Å². The highest BCUT2D eigenvalue weighted by atomic mass is 32.2.